The van der Waals surface area contributed by atoms with E-state index in [1.165, 1.54) is 19.4 Å². The van der Waals surface area contributed by atoms with E-state index in [1.807, 2.05) is 0 Å². The molecule has 1 saturated carbocycles. The van der Waals surface area contributed by atoms with Crippen LogP contribution in [-0.4, -0.2) is 35.2 Å². The number of rotatable bonds is 1. The van der Waals surface area contributed by atoms with Gasteiger partial charge in [0, 0.05) is 12.6 Å². The Kier molecular flexibility index (Phi) is 3.09. The standard InChI is InChI=1S/C14H27NO/c1-13(2)6-5-12(16)11(9-13)15-8-7-14(3,4)10-15/h11-12,16H,5-10H2,1-4H3. The Bertz CT molecular complexity index is 259. The molecule has 0 amide bonds. The Morgan fingerprint density at radius 1 is 1.06 bits per heavy atom. The summed E-state index contributed by atoms with van der Waals surface area (Å²) in [5.41, 5.74) is 0.859. The summed E-state index contributed by atoms with van der Waals surface area (Å²) < 4.78 is 0. The summed E-state index contributed by atoms with van der Waals surface area (Å²) >= 11 is 0. The lowest BCUT2D eigenvalue weighted by molar-refractivity contribution is -0.0113. The van der Waals surface area contributed by atoms with Gasteiger partial charge < -0.3 is 5.11 Å². The van der Waals surface area contributed by atoms with E-state index in [2.05, 4.69) is 32.6 Å². The zero-order valence-corrected chi connectivity index (χ0v) is 11.3. The van der Waals surface area contributed by atoms with Gasteiger partial charge in [-0.3, -0.25) is 4.90 Å². The van der Waals surface area contributed by atoms with Gasteiger partial charge in [-0.25, -0.2) is 0 Å². The third-order valence-electron chi connectivity index (χ3n) is 4.50. The van der Waals surface area contributed by atoms with Crippen molar-refractivity contribution in [1.82, 2.24) is 4.90 Å². The highest BCUT2D eigenvalue weighted by molar-refractivity contribution is 4.95. The molecule has 0 aromatic rings. The average Bonchev–Trinajstić information content (AvgIpc) is 2.50. The summed E-state index contributed by atoms with van der Waals surface area (Å²) in [5, 5.41) is 10.2. The maximum absolute atomic E-state index is 10.2. The molecule has 16 heavy (non-hydrogen) atoms. The Hall–Kier alpha value is -0.0800. The lowest BCUT2D eigenvalue weighted by Crippen LogP contribution is -2.48. The van der Waals surface area contributed by atoms with Gasteiger partial charge in [-0.1, -0.05) is 27.7 Å². The van der Waals surface area contributed by atoms with Crippen LogP contribution in [-0.2, 0) is 0 Å². The summed E-state index contributed by atoms with van der Waals surface area (Å²) in [7, 11) is 0. The highest BCUT2D eigenvalue weighted by Gasteiger charge is 2.41. The number of hydrogen-bond acceptors (Lipinski definition) is 2. The van der Waals surface area contributed by atoms with Gasteiger partial charge in [0.25, 0.3) is 0 Å². The van der Waals surface area contributed by atoms with Crippen molar-refractivity contribution < 1.29 is 5.11 Å². The van der Waals surface area contributed by atoms with Gasteiger partial charge in [-0.15, -0.1) is 0 Å². The minimum absolute atomic E-state index is 0.0954. The third kappa shape index (κ3) is 2.60. The molecule has 1 N–H and O–H groups in total. The molecule has 1 aliphatic heterocycles. The minimum Gasteiger partial charge on any atom is -0.391 e. The summed E-state index contributed by atoms with van der Waals surface area (Å²) in [6.45, 7) is 11.7. The fourth-order valence-electron chi connectivity index (χ4n) is 3.34. The van der Waals surface area contributed by atoms with Crippen molar-refractivity contribution in [3.63, 3.8) is 0 Å². The second-order valence-electron chi connectivity index (χ2n) is 7.43. The van der Waals surface area contributed by atoms with E-state index >= 15 is 0 Å². The normalized spacial score (nSPS) is 38.8. The predicted octanol–water partition coefficient (Wildman–Crippen LogP) is 2.66. The van der Waals surface area contributed by atoms with Gasteiger partial charge in [0.15, 0.2) is 0 Å². The van der Waals surface area contributed by atoms with Crippen molar-refractivity contribution >= 4 is 0 Å². The SMILES string of the molecule is CC1(C)CCC(O)C(N2CCC(C)(C)C2)C1. The van der Waals surface area contributed by atoms with Crippen LogP contribution < -0.4 is 0 Å². The van der Waals surface area contributed by atoms with E-state index in [9.17, 15) is 5.11 Å². The molecule has 2 atom stereocenters. The Balaban J connectivity index is 2.03. The van der Waals surface area contributed by atoms with Crippen molar-refractivity contribution in [3.8, 4) is 0 Å². The predicted molar refractivity (Wildman–Crippen MR) is 67.4 cm³/mol. The monoisotopic (exact) mass is 225 g/mol. The number of aliphatic hydroxyl groups excluding tert-OH is 1. The first-order valence-electron chi connectivity index (χ1n) is 6.71. The van der Waals surface area contributed by atoms with E-state index in [1.54, 1.807) is 0 Å². The molecule has 1 aliphatic carbocycles. The lowest BCUT2D eigenvalue weighted by atomic mass is 9.73. The van der Waals surface area contributed by atoms with Gasteiger partial charge in [-0.2, -0.15) is 0 Å². The van der Waals surface area contributed by atoms with Crippen molar-refractivity contribution in [2.75, 3.05) is 13.1 Å². The largest absolute Gasteiger partial charge is 0.391 e. The van der Waals surface area contributed by atoms with Gasteiger partial charge in [0.2, 0.25) is 0 Å². The molecular weight excluding hydrogens is 198 g/mol. The zero-order valence-electron chi connectivity index (χ0n) is 11.3. The van der Waals surface area contributed by atoms with Crippen LogP contribution in [0.25, 0.3) is 0 Å². The first kappa shape index (κ1) is 12.4. The first-order valence-corrected chi connectivity index (χ1v) is 6.71. The van der Waals surface area contributed by atoms with Gasteiger partial charge >= 0.3 is 0 Å². The summed E-state index contributed by atoms with van der Waals surface area (Å²) in [5.74, 6) is 0. The molecule has 2 nitrogen and oxygen atoms in total. The summed E-state index contributed by atoms with van der Waals surface area (Å²) in [6, 6.07) is 0.408. The maximum Gasteiger partial charge on any atom is 0.0695 e. The molecule has 2 aliphatic rings. The highest BCUT2D eigenvalue weighted by Crippen LogP contribution is 2.40. The van der Waals surface area contributed by atoms with Crippen LogP contribution in [0.4, 0.5) is 0 Å². The number of nitrogens with zero attached hydrogens (tertiary/aromatic N) is 1. The van der Waals surface area contributed by atoms with E-state index in [4.69, 9.17) is 0 Å². The molecule has 0 aromatic heterocycles. The van der Waals surface area contributed by atoms with Crippen molar-refractivity contribution in [2.24, 2.45) is 10.8 Å². The van der Waals surface area contributed by atoms with Crippen LogP contribution in [0.15, 0.2) is 0 Å². The average molecular weight is 225 g/mol. The van der Waals surface area contributed by atoms with Gasteiger partial charge in [0.05, 0.1) is 6.10 Å². The number of aliphatic hydroxyl groups is 1. The van der Waals surface area contributed by atoms with Crippen LogP contribution in [0, 0.1) is 10.8 Å². The number of likely N-dealkylation sites (tertiary alicyclic amines) is 1. The molecule has 2 fully saturated rings. The minimum atomic E-state index is -0.0954. The quantitative estimate of drug-likeness (QED) is 0.741. The topological polar surface area (TPSA) is 23.5 Å². The molecule has 0 radical (unpaired) electrons. The second-order valence-corrected chi connectivity index (χ2v) is 7.43. The summed E-state index contributed by atoms with van der Waals surface area (Å²) in [4.78, 5) is 2.53. The summed E-state index contributed by atoms with van der Waals surface area (Å²) in [6.07, 6.45) is 4.49. The highest BCUT2D eigenvalue weighted by atomic mass is 16.3. The molecule has 2 unspecified atom stereocenters. The third-order valence-corrected chi connectivity index (χ3v) is 4.50. The molecule has 0 bridgehead atoms. The molecule has 2 rings (SSSR count). The van der Waals surface area contributed by atoms with E-state index in [0.717, 1.165) is 19.4 Å². The van der Waals surface area contributed by atoms with Gasteiger partial charge in [0.1, 0.15) is 0 Å². The molecule has 1 saturated heterocycles. The van der Waals surface area contributed by atoms with Crippen LogP contribution >= 0.6 is 0 Å². The molecule has 0 aromatic carbocycles. The maximum atomic E-state index is 10.2. The van der Waals surface area contributed by atoms with Crippen LogP contribution in [0.5, 0.6) is 0 Å². The Morgan fingerprint density at radius 2 is 1.75 bits per heavy atom. The van der Waals surface area contributed by atoms with Crippen molar-refractivity contribution in [3.05, 3.63) is 0 Å². The molecular formula is C14H27NO. The zero-order chi connectivity index (χ0) is 12.0. The van der Waals surface area contributed by atoms with Crippen LogP contribution in [0.3, 0.4) is 0 Å². The van der Waals surface area contributed by atoms with E-state index in [0.29, 0.717) is 16.9 Å². The fraction of sp³-hybridized carbons (Fsp3) is 1.00. The van der Waals surface area contributed by atoms with Crippen LogP contribution in [0.2, 0.25) is 0 Å². The van der Waals surface area contributed by atoms with Crippen LogP contribution in [0.1, 0.15) is 53.4 Å². The second kappa shape index (κ2) is 3.99. The van der Waals surface area contributed by atoms with E-state index in [-0.39, 0.29) is 6.10 Å². The lowest BCUT2D eigenvalue weighted by Gasteiger charge is -2.43. The molecule has 0 spiro atoms. The smallest absolute Gasteiger partial charge is 0.0695 e. The fourth-order valence-corrected chi connectivity index (χ4v) is 3.34. The molecule has 94 valence electrons. The van der Waals surface area contributed by atoms with Crippen molar-refractivity contribution in [2.45, 2.75) is 65.5 Å². The van der Waals surface area contributed by atoms with Crippen molar-refractivity contribution in [1.29, 1.82) is 0 Å². The molecule has 2 heteroatoms. The molecule has 1 heterocycles. The first-order chi connectivity index (χ1) is 7.29. The Morgan fingerprint density at radius 3 is 2.31 bits per heavy atom. The van der Waals surface area contributed by atoms with Gasteiger partial charge in [-0.05, 0) is 43.1 Å². The number of hydrogen-bond donors (Lipinski definition) is 1. The Labute approximate surface area is 100 Å². The van der Waals surface area contributed by atoms with E-state index < -0.39 is 0 Å².